The van der Waals surface area contributed by atoms with E-state index in [0.717, 1.165) is 39.7 Å². The van der Waals surface area contributed by atoms with Crippen LogP contribution in [-0.4, -0.2) is 35.9 Å². The number of nitrogens with zero attached hydrogens (tertiary/aromatic N) is 2. The lowest BCUT2D eigenvalue weighted by molar-refractivity contribution is -0.118. The van der Waals surface area contributed by atoms with Crippen molar-refractivity contribution in [1.29, 1.82) is 0 Å². The number of benzene rings is 2. The van der Waals surface area contributed by atoms with Crippen molar-refractivity contribution >= 4 is 44.4 Å². The normalized spacial score (nSPS) is 16.5. The molecule has 7 heteroatoms. The molecule has 1 fully saturated rings. The number of amides is 1. The van der Waals surface area contributed by atoms with Crippen molar-refractivity contribution in [3.05, 3.63) is 54.3 Å². The third kappa shape index (κ3) is 4.71. The van der Waals surface area contributed by atoms with Gasteiger partial charge < -0.3 is 4.74 Å². The predicted octanol–water partition coefficient (Wildman–Crippen LogP) is 5.13. The van der Waals surface area contributed by atoms with E-state index in [1.807, 2.05) is 24.3 Å². The van der Waals surface area contributed by atoms with Crippen LogP contribution in [-0.2, 0) is 9.53 Å². The van der Waals surface area contributed by atoms with Crippen LogP contribution in [0.4, 0.5) is 9.52 Å². The van der Waals surface area contributed by atoms with E-state index in [-0.39, 0.29) is 17.8 Å². The van der Waals surface area contributed by atoms with Gasteiger partial charge in [-0.05, 0) is 49.2 Å². The molecule has 0 aliphatic carbocycles. The summed E-state index contributed by atoms with van der Waals surface area (Å²) in [5.41, 5.74) is 0.910. The Hall–Kier alpha value is -1.96. The maximum atomic E-state index is 13.0. The van der Waals surface area contributed by atoms with Crippen molar-refractivity contribution in [3.63, 3.8) is 0 Å². The Morgan fingerprint density at radius 3 is 2.82 bits per heavy atom. The molecule has 0 N–H and O–H groups in total. The predicted molar refractivity (Wildman–Crippen MR) is 113 cm³/mol. The van der Waals surface area contributed by atoms with E-state index in [0.29, 0.717) is 18.7 Å². The number of aromatic nitrogens is 1. The first-order chi connectivity index (χ1) is 13.7. The van der Waals surface area contributed by atoms with Crippen LogP contribution in [0.15, 0.2) is 53.4 Å². The van der Waals surface area contributed by atoms with Crippen molar-refractivity contribution in [1.82, 2.24) is 4.98 Å². The number of fused-ring (bicyclic) bond motifs is 1. The topological polar surface area (TPSA) is 42.4 Å². The summed E-state index contributed by atoms with van der Waals surface area (Å²) in [5, 5.41) is 0.730. The second-order valence-corrected chi connectivity index (χ2v) is 8.83. The quantitative estimate of drug-likeness (QED) is 0.501. The van der Waals surface area contributed by atoms with Gasteiger partial charge in [0.25, 0.3) is 0 Å². The van der Waals surface area contributed by atoms with E-state index in [1.165, 1.54) is 23.5 Å². The fourth-order valence-electron chi connectivity index (χ4n) is 3.18. The van der Waals surface area contributed by atoms with Gasteiger partial charge in [-0.25, -0.2) is 9.37 Å². The molecule has 0 saturated carbocycles. The summed E-state index contributed by atoms with van der Waals surface area (Å²) in [6.45, 7) is 1.30. The highest BCUT2D eigenvalue weighted by Crippen LogP contribution is 2.30. The van der Waals surface area contributed by atoms with Gasteiger partial charge >= 0.3 is 0 Å². The molecule has 0 bridgehead atoms. The molecule has 146 valence electrons. The van der Waals surface area contributed by atoms with E-state index in [1.54, 1.807) is 28.8 Å². The van der Waals surface area contributed by atoms with Gasteiger partial charge in [0.1, 0.15) is 5.82 Å². The average molecular weight is 417 g/mol. The smallest absolute Gasteiger partial charge is 0.229 e. The Kier molecular flexibility index (Phi) is 6.24. The molecule has 0 spiro atoms. The minimum Gasteiger partial charge on any atom is -0.376 e. The van der Waals surface area contributed by atoms with Gasteiger partial charge in [0, 0.05) is 23.7 Å². The fraction of sp³-hybridized carbons (Fsp3) is 0.333. The van der Waals surface area contributed by atoms with Crippen LogP contribution in [0.3, 0.4) is 0 Å². The standard InChI is InChI=1S/C21H21FN2O2S2/c22-15-7-9-17(10-8-15)27-13-11-20(25)24(14-16-4-3-12-26-16)21-23-18-5-1-2-6-19(18)28-21/h1-2,5-10,16H,3-4,11-14H2. The average Bonchev–Trinajstić information content (AvgIpc) is 3.36. The van der Waals surface area contributed by atoms with Crippen molar-refractivity contribution in [3.8, 4) is 0 Å². The summed E-state index contributed by atoms with van der Waals surface area (Å²) in [6.07, 6.45) is 2.47. The minimum absolute atomic E-state index is 0.0455. The summed E-state index contributed by atoms with van der Waals surface area (Å²) < 4.78 is 19.9. The Morgan fingerprint density at radius 2 is 2.07 bits per heavy atom. The molecule has 1 amide bonds. The van der Waals surface area contributed by atoms with Gasteiger partial charge in [-0.2, -0.15) is 0 Å². The van der Waals surface area contributed by atoms with Crippen LogP contribution in [0.5, 0.6) is 0 Å². The van der Waals surface area contributed by atoms with Gasteiger partial charge in [0.2, 0.25) is 5.91 Å². The maximum Gasteiger partial charge on any atom is 0.229 e. The Labute approximate surface area is 171 Å². The SMILES string of the molecule is O=C(CCSc1ccc(F)cc1)N(CC1CCCO1)c1nc2ccccc2s1. The van der Waals surface area contributed by atoms with Crippen LogP contribution in [0.1, 0.15) is 19.3 Å². The van der Waals surface area contributed by atoms with E-state index in [2.05, 4.69) is 4.98 Å². The lowest BCUT2D eigenvalue weighted by atomic mass is 10.2. The van der Waals surface area contributed by atoms with E-state index >= 15 is 0 Å². The zero-order valence-corrected chi connectivity index (χ0v) is 17.0. The van der Waals surface area contributed by atoms with Crippen LogP contribution in [0.2, 0.25) is 0 Å². The molecule has 1 atom stereocenters. The highest BCUT2D eigenvalue weighted by atomic mass is 32.2. The van der Waals surface area contributed by atoms with Crippen LogP contribution in [0.25, 0.3) is 10.2 Å². The number of hydrogen-bond acceptors (Lipinski definition) is 5. The van der Waals surface area contributed by atoms with Crippen molar-refractivity contribution in [2.24, 2.45) is 0 Å². The summed E-state index contributed by atoms with van der Waals surface area (Å²) in [4.78, 5) is 20.4. The molecular formula is C21H21FN2O2S2. The largest absolute Gasteiger partial charge is 0.376 e. The number of hydrogen-bond donors (Lipinski definition) is 0. The molecule has 1 aromatic heterocycles. The van der Waals surface area contributed by atoms with Gasteiger partial charge in [-0.3, -0.25) is 9.69 Å². The first kappa shape index (κ1) is 19.4. The van der Waals surface area contributed by atoms with Crippen LogP contribution in [0, 0.1) is 5.82 Å². The maximum absolute atomic E-state index is 13.0. The van der Waals surface area contributed by atoms with Gasteiger partial charge in [0.15, 0.2) is 5.13 Å². The Bertz CT molecular complexity index is 906. The first-order valence-corrected chi connectivity index (χ1v) is 11.2. The van der Waals surface area contributed by atoms with E-state index in [4.69, 9.17) is 4.74 Å². The minimum atomic E-state index is -0.251. The van der Waals surface area contributed by atoms with E-state index in [9.17, 15) is 9.18 Å². The molecule has 1 aliphatic heterocycles. The number of carbonyl (C=O) groups is 1. The summed E-state index contributed by atoms with van der Waals surface area (Å²) >= 11 is 3.09. The van der Waals surface area contributed by atoms with Crippen molar-refractivity contribution < 1.29 is 13.9 Å². The number of ether oxygens (including phenoxy) is 1. The zero-order chi connectivity index (χ0) is 19.3. The van der Waals surface area contributed by atoms with Crippen LogP contribution < -0.4 is 4.90 Å². The van der Waals surface area contributed by atoms with Crippen molar-refractivity contribution in [2.45, 2.75) is 30.3 Å². The second-order valence-electron chi connectivity index (χ2n) is 6.66. The molecule has 4 nitrogen and oxygen atoms in total. The third-order valence-electron chi connectivity index (χ3n) is 4.62. The van der Waals surface area contributed by atoms with Gasteiger partial charge in [0.05, 0.1) is 22.9 Å². The monoisotopic (exact) mass is 416 g/mol. The van der Waals surface area contributed by atoms with E-state index < -0.39 is 0 Å². The molecule has 1 saturated heterocycles. The molecule has 0 radical (unpaired) electrons. The van der Waals surface area contributed by atoms with Gasteiger partial charge in [-0.1, -0.05) is 23.5 Å². The number of para-hydroxylation sites is 1. The second kappa shape index (κ2) is 9.03. The molecular weight excluding hydrogens is 395 g/mol. The lowest BCUT2D eigenvalue weighted by Gasteiger charge is -2.23. The number of halogens is 1. The summed E-state index contributed by atoms with van der Waals surface area (Å²) in [5.74, 6) is 0.431. The number of rotatable bonds is 7. The fourth-order valence-corrected chi connectivity index (χ4v) is 5.01. The van der Waals surface area contributed by atoms with Crippen molar-refractivity contribution in [2.75, 3.05) is 23.8 Å². The molecule has 2 aromatic carbocycles. The summed E-state index contributed by atoms with van der Waals surface area (Å²) in [7, 11) is 0. The summed E-state index contributed by atoms with van der Waals surface area (Å²) in [6, 6.07) is 14.3. The number of anilines is 1. The Morgan fingerprint density at radius 1 is 1.25 bits per heavy atom. The molecule has 3 aromatic rings. The highest BCUT2D eigenvalue weighted by Gasteiger charge is 2.25. The number of carbonyl (C=O) groups excluding carboxylic acids is 1. The highest BCUT2D eigenvalue weighted by molar-refractivity contribution is 7.99. The first-order valence-electron chi connectivity index (χ1n) is 9.35. The number of thioether (sulfide) groups is 1. The Balaban J connectivity index is 1.45. The van der Waals surface area contributed by atoms with Gasteiger partial charge in [-0.15, -0.1) is 11.8 Å². The van der Waals surface area contributed by atoms with Crippen LogP contribution >= 0.6 is 23.1 Å². The lowest BCUT2D eigenvalue weighted by Crippen LogP contribution is -2.37. The molecule has 28 heavy (non-hydrogen) atoms. The zero-order valence-electron chi connectivity index (χ0n) is 15.3. The number of thiazole rings is 1. The molecule has 4 rings (SSSR count). The molecule has 1 unspecified atom stereocenters. The molecule has 2 heterocycles. The molecule has 1 aliphatic rings. The third-order valence-corrected chi connectivity index (χ3v) is 6.70.